The number of carboxylic acids is 3. The van der Waals surface area contributed by atoms with E-state index < -0.39 is 42.4 Å². The smallest absolute Gasteiger partial charge is 0.326 e. The molecule has 6 N–H and O–H groups in total. The maximum Gasteiger partial charge on any atom is 0.326 e. The summed E-state index contributed by atoms with van der Waals surface area (Å²) in [5.74, 6) is -3.81. The lowest BCUT2D eigenvalue weighted by atomic mass is 10.1. The van der Waals surface area contributed by atoms with Gasteiger partial charge in [0.15, 0.2) is 0 Å². The molecule has 0 rings (SSSR count). The first-order valence-corrected chi connectivity index (χ1v) is 10.9. The van der Waals surface area contributed by atoms with Crippen LogP contribution in [0.4, 0.5) is 4.79 Å². The Bertz CT molecular complexity index is 560. The third-order valence-corrected chi connectivity index (χ3v) is 4.42. The summed E-state index contributed by atoms with van der Waals surface area (Å²) in [4.78, 5) is 44.9. The zero-order valence-electron chi connectivity index (χ0n) is 18.6. The summed E-state index contributed by atoms with van der Waals surface area (Å²) in [5.41, 5.74) is 0. The zero-order valence-corrected chi connectivity index (χ0v) is 18.6. The molecular weight excluding hydrogens is 426 g/mol. The lowest BCUT2D eigenvalue weighted by Gasteiger charge is -2.18. The van der Waals surface area contributed by atoms with Gasteiger partial charge in [-0.05, 0) is 32.2 Å². The topological polar surface area (TPSA) is 184 Å². The lowest BCUT2D eigenvalue weighted by Crippen LogP contribution is -2.51. The predicted octanol–water partition coefficient (Wildman–Crippen LogP) is 0.998. The molecule has 2 atom stereocenters. The van der Waals surface area contributed by atoms with Gasteiger partial charge in [-0.3, -0.25) is 10.1 Å². The first-order valence-electron chi connectivity index (χ1n) is 10.9. The summed E-state index contributed by atoms with van der Waals surface area (Å²) in [7, 11) is 0. The molecule has 12 nitrogen and oxygen atoms in total. The van der Waals surface area contributed by atoms with Crippen molar-refractivity contribution in [2.75, 3.05) is 33.1 Å². The molecule has 0 aromatic rings. The van der Waals surface area contributed by atoms with Gasteiger partial charge in [-0.1, -0.05) is 26.2 Å². The van der Waals surface area contributed by atoms with Crippen molar-refractivity contribution in [1.29, 1.82) is 0 Å². The van der Waals surface area contributed by atoms with Gasteiger partial charge in [-0.15, -0.1) is 0 Å². The Hall–Kier alpha value is -2.44. The van der Waals surface area contributed by atoms with Gasteiger partial charge in [0.1, 0.15) is 12.1 Å². The standard InChI is InChI=1S/C20H37N3O9/c1-2-21-14-32-13-7-12-31-11-6-4-3-5-8-15(18(26)27)22-20(30)23-16(19(28)29)9-10-17(24)25/h15-16,21H,2-14H2,1H3,(H,24,25)(H,26,27)(H,28,29)(H2,22,23,30). The van der Waals surface area contributed by atoms with Crippen molar-refractivity contribution < 1.29 is 44.0 Å². The quantitative estimate of drug-likeness (QED) is 0.106. The summed E-state index contributed by atoms with van der Waals surface area (Å²) in [6.45, 7) is 5.28. The average Bonchev–Trinajstić information content (AvgIpc) is 2.73. The number of hydrogen-bond acceptors (Lipinski definition) is 7. The lowest BCUT2D eigenvalue weighted by molar-refractivity contribution is -0.140. The van der Waals surface area contributed by atoms with Crippen LogP contribution in [0.5, 0.6) is 0 Å². The molecule has 12 heteroatoms. The minimum Gasteiger partial charge on any atom is -0.481 e. The Morgan fingerprint density at radius 2 is 1.31 bits per heavy atom. The van der Waals surface area contributed by atoms with E-state index in [1.807, 2.05) is 6.92 Å². The molecule has 186 valence electrons. The molecule has 0 fully saturated rings. The number of unbranched alkanes of at least 4 members (excludes halogenated alkanes) is 3. The first kappa shape index (κ1) is 29.6. The Labute approximate surface area is 188 Å². The fourth-order valence-electron chi connectivity index (χ4n) is 2.66. The van der Waals surface area contributed by atoms with E-state index in [0.717, 1.165) is 32.2 Å². The molecule has 2 unspecified atom stereocenters. The summed E-state index contributed by atoms with van der Waals surface area (Å²) in [6.07, 6.45) is 3.29. The van der Waals surface area contributed by atoms with Crippen molar-refractivity contribution in [3.63, 3.8) is 0 Å². The first-order chi connectivity index (χ1) is 15.3. The van der Waals surface area contributed by atoms with E-state index in [4.69, 9.17) is 19.7 Å². The summed E-state index contributed by atoms with van der Waals surface area (Å²) < 4.78 is 10.8. The zero-order chi connectivity index (χ0) is 24.2. The molecule has 2 amide bonds. The Morgan fingerprint density at radius 1 is 0.750 bits per heavy atom. The van der Waals surface area contributed by atoms with E-state index >= 15 is 0 Å². The molecule has 0 saturated carbocycles. The number of nitrogens with one attached hydrogen (secondary N) is 3. The second kappa shape index (κ2) is 19.3. The molecule has 0 aliphatic carbocycles. The highest BCUT2D eigenvalue weighted by Gasteiger charge is 2.24. The van der Waals surface area contributed by atoms with Crippen LogP contribution in [0.2, 0.25) is 0 Å². The van der Waals surface area contributed by atoms with E-state index in [1.165, 1.54) is 0 Å². The molecule has 0 spiro atoms. The van der Waals surface area contributed by atoms with Gasteiger partial charge in [0.25, 0.3) is 0 Å². The van der Waals surface area contributed by atoms with E-state index in [-0.39, 0.29) is 12.8 Å². The van der Waals surface area contributed by atoms with E-state index in [1.54, 1.807) is 0 Å². The van der Waals surface area contributed by atoms with Crippen LogP contribution in [0, 0.1) is 0 Å². The minimum absolute atomic E-state index is 0.194. The van der Waals surface area contributed by atoms with Gasteiger partial charge in [0.2, 0.25) is 0 Å². The van der Waals surface area contributed by atoms with Crippen molar-refractivity contribution in [3.8, 4) is 0 Å². The fourth-order valence-corrected chi connectivity index (χ4v) is 2.66. The number of ether oxygens (including phenoxy) is 2. The van der Waals surface area contributed by atoms with Gasteiger partial charge in [0.05, 0.1) is 13.3 Å². The SMILES string of the molecule is CCNCOCCCOCCCCCCC(NC(=O)NC(CCC(=O)O)C(=O)O)C(=O)O. The molecule has 0 aliphatic rings. The molecule has 0 aliphatic heterocycles. The number of rotatable bonds is 21. The van der Waals surface area contributed by atoms with Crippen molar-refractivity contribution in [1.82, 2.24) is 16.0 Å². The fraction of sp³-hybridized carbons (Fsp3) is 0.800. The highest BCUT2D eigenvalue weighted by Crippen LogP contribution is 2.07. The van der Waals surface area contributed by atoms with E-state index in [2.05, 4.69) is 16.0 Å². The van der Waals surface area contributed by atoms with E-state index in [9.17, 15) is 24.3 Å². The van der Waals surface area contributed by atoms with Crippen molar-refractivity contribution in [3.05, 3.63) is 0 Å². The van der Waals surface area contributed by atoms with Crippen LogP contribution in [0.15, 0.2) is 0 Å². The Morgan fingerprint density at radius 3 is 1.91 bits per heavy atom. The maximum atomic E-state index is 11.9. The Kier molecular flexibility index (Phi) is 17.8. The molecule has 32 heavy (non-hydrogen) atoms. The average molecular weight is 464 g/mol. The highest BCUT2D eigenvalue weighted by molar-refractivity contribution is 5.86. The molecule has 0 bridgehead atoms. The number of carbonyl (C=O) groups is 4. The van der Waals surface area contributed by atoms with Crippen LogP contribution < -0.4 is 16.0 Å². The van der Waals surface area contributed by atoms with Gasteiger partial charge in [-0.25, -0.2) is 14.4 Å². The molecule has 0 saturated heterocycles. The van der Waals surface area contributed by atoms with Crippen LogP contribution >= 0.6 is 0 Å². The van der Waals surface area contributed by atoms with Gasteiger partial charge in [-0.2, -0.15) is 0 Å². The summed E-state index contributed by atoms with van der Waals surface area (Å²) >= 11 is 0. The van der Waals surface area contributed by atoms with Crippen molar-refractivity contribution >= 4 is 23.9 Å². The van der Waals surface area contributed by atoms with Crippen LogP contribution in [-0.4, -0.2) is 84.4 Å². The maximum absolute atomic E-state index is 11.9. The van der Waals surface area contributed by atoms with Crippen LogP contribution in [0.25, 0.3) is 0 Å². The van der Waals surface area contributed by atoms with Crippen molar-refractivity contribution in [2.24, 2.45) is 0 Å². The Balaban J connectivity index is 3.95. The third-order valence-electron chi connectivity index (χ3n) is 4.42. The monoisotopic (exact) mass is 463 g/mol. The minimum atomic E-state index is -1.42. The van der Waals surface area contributed by atoms with Crippen LogP contribution in [-0.2, 0) is 23.9 Å². The molecular formula is C20H37N3O9. The predicted molar refractivity (Wildman–Crippen MR) is 114 cm³/mol. The number of aliphatic carboxylic acids is 3. The third kappa shape index (κ3) is 17.3. The second-order valence-corrected chi connectivity index (χ2v) is 7.16. The molecule has 0 aromatic carbocycles. The number of carboxylic acid groups (broad SMARTS) is 3. The normalized spacial score (nSPS) is 12.7. The number of amides is 2. The molecule has 0 heterocycles. The van der Waals surface area contributed by atoms with Gasteiger partial charge >= 0.3 is 23.9 Å². The summed E-state index contributed by atoms with van der Waals surface area (Å²) in [5, 5.41) is 34.3. The van der Waals surface area contributed by atoms with E-state index in [0.29, 0.717) is 33.0 Å². The molecule has 0 radical (unpaired) electrons. The number of hydrogen-bond donors (Lipinski definition) is 6. The van der Waals surface area contributed by atoms with Gasteiger partial charge < -0.3 is 35.4 Å². The van der Waals surface area contributed by atoms with Crippen molar-refractivity contribution in [2.45, 2.75) is 70.4 Å². The van der Waals surface area contributed by atoms with Crippen LogP contribution in [0.1, 0.15) is 58.3 Å². The van der Waals surface area contributed by atoms with Crippen LogP contribution in [0.3, 0.4) is 0 Å². The number of urea groups is 1. The molecule has 0 aromatic heterocycles. The van der Waals surface area contributed by atoms with Gasteiger partial charge in [0, 0.05) is 19.6 Å². The summed E-state index contributed by atoms with van der Waals surface area (Å²) in [6, 6.07) is -3.54. The number of carbonyl (C=O) groups excluding carboxylic acids is 1. The largest absolute Gasteiger partial charge is 0.481 e. The highest BCUT2D eigenvalue weighted by atomic mass is 16.5. The second-order valence-electron chi connectivity index (χ2n) is 7.16.